The lowest BCUT2D eigenvalue weighted by Crippen LogP contribution is -2.49. The van der Waals surface area contributed by atoms with Gasteiger partial charge in [-0.3, -0.25) is 14.5 Å². The standard InChI is InChI=1S/C6H10N2O2/c1-8-5(9)3-2-4(7)6(8)10/h4H,2-3,7H2,1H3/t4-/m1/s1. The van der Waals surface area contributed by atoms with E-state index in [1.807, 2.05) is 0 Å². The van der Waals surface area contributed by atoms with Crippen molar-refractivity contribution in [2.75, 3.05) is 7.05 Å². The van der Waals surface area contributed by atoms with Crippen LogP contribution in [0.25, 0.3) is 0 Å². The quantitative estimate of drug-likeness (QED) is 0.445. The van der Waals surface area contributed by atoms with Crippen LogP contribution in [0.5, 0.6) is 0 Å². The summed E-state index contributed by atoms with van der Waals surface area (Å²) in [6.45, 7) is 0. The van der Waals surface area contributed by atoms with Gasteiger partial charge in [0.2, 0.25) is 11.8 Å². The molecule has 10 heavy (non-hydrogen) atoms. The third kappa shape index (κ3) is 1.02. The number of amides is 2. The lowest BCUT2D eigenvalue weighted by atomic mass is 10.1. The Morgan fingerprint density at radius 1 is 1.60 bits per heavy atom. The first-order chi connectivity index (χ1) is 4.63. The van der Waals surface area contributed by atoms with E-state index in [9.17, 15) is 9.59 Å². The fourth-order valence-corrected chi connectivity index (χ4v) is 0.942. The smallest absolute Gasteiger partial charge is 0.245 e. The summed E-state index contributed by atoms with van der Waals surface area (Å²) >= 11 is 0. The molecule has 0 aromatic heterocycles. The van der Waals surface area contributed by atoms with Crippen LogP contribution < -0.4 is 5.73 Å². The van der Waals surface area contributed by atoms with Crippen LogP contribution in [0.15, 0.2) is 0 Å². The highest BCUT2D eigenvalue weighted by Crippen LogP contribution is 2.08. The molecule has 1 heterocycles. The van der Waals surface area contributed by atoms with Crippen molar-refractivity contribution in [3.05, 3.63) is 0 Å². The van der Waals surface area contributed by atoms with Crippen LogP contribution in [-0.4, -0.2) is 29.8 Å². The zero-order valence-electron chi connectivity index (χ0n) is 5.83. The molecule has 1 aliphatic heterocycles. The maximum atomic E-state index is 10.9. The normalized spacial score (nSPS) is 27.4. The number of nitrogens with zero attached hydrogens (tertiary/aromatic N) is 1. The van der Waals surface area contributed by atoms with Gasteiger partial charge in [0, 0.05) is 13.5 Å². The van der Waals surface area contributed by atoms with Crippen LogP contribution in [-0.2, 0) is 9.59 Å². The number of carbonyl (C=O) groups excluding carboxylic acids is 2. The number of piperidine rings is 1. The van der Waals surface area contributed by atoms with Gasteiger partial charge in [0.1, 0.15) is 0 Å². The second kappa shape index (κ2) is 2.38. The number of hydrogen-bond acceptors (Lipinski definition) is 3. The minimum atomic E-state index is -0.470. The first-order valence-electron chi connectivity index (χ1n) is 3.19. The van der Waals surface area contributed by atoms with Gasteiger partial charge in [-0.05, 0) is 6.42 Å². The van der Waals surface area contributed by atoms with Crippen molar-refractivity contribution >= 4 is 11.8 Å². The number of nitrogens with two attached hydrogens (primary N) is 1. The maximum Gasteiger partial charge on any atom is 0.245 e. The van der Waals surface area contributed by atoms with E-state index in [0.717, 1.165) is 4.90 Å². The molecule has 0 saturated carbocycles. The van der Waals surface area contributed by atoms with E-state index in [1.54, 1.807) is 0 Å². The van der Waals surface area contributed by atoms with Crippen LogP contribution in [0.4, 0.5) is 0 Å². The van der Waals surface area contributed by atoms with E-state index >= 15 is 0 Å². The zero-order valence-corrected chi connectivity index (χ0v) is 5.83. The Labute approximate surface area is 59.0 Å². The van der Waals surface area contributed by atoms with E-state index in [1.165, 1.54) is 7.05 Å². The van der Waals surface area contributed by atoms with Crippen LogP contribution in [0, 0.1) is 0 Å². The molecule has 0 bridgehead atoms. The van der Waals surface area contributed by atoms with E-state index in [0.29, 0.717) is 12.8 Å². The molecule has 1 rings (SSSR count). The highest BCUT2D eigenvalue weighted by atomic mass is 16.2. The Morgan fingerprint density at radius 3 is 2.70 bits per heavy atom. The summed E-state index contributed by atoms with van der Waals surface area (Å²) in [7, 11) is 1.46. The van der Waals surface area contributed by atoms with Gasteiger partial charge in [-0.15, -0.1) is 0 Å². The molecule has 0 unspecified atom stereocenters. The summed E-state index contributed by atoms with van der Waals surface area (Å²) in [6, 6.07) is -0.470. The number of imide groups is 1. The van der Waals surface area contributed by atoms with Crippen molar-refractivity contribution in [2.45, 2.75) is 18.9 Å². The summed E-state index contributed by atoms with van der Waals surface area (Å²) in [4.78, 5) is 22.8. The third-order valence-corrected chi connectivity index (χ3v) is 1.69. The number of hydrogen-bond donors (Lipinski definition) is 1. The number of rotatable bonds is 0. The summed E-state index contributed by atoms with van der Waals surface area (Å²) in [5.41, 5.74) is 5.39. The van der Waals surface area contributed by atoms with Crippen LogP contribution in [0.3, 0.4) is 0 Å². The number of likely N-dealkylation sites (tertiary alicyclic amines) is 1. The Kier molecular flexibility index (Phi) is 1.72. The van der Waals surface area contributed by atoms with E-state index in [-0.39, 0.29) is 11.8 Å². The van der Waals surface area contributed by atoms with Crippen LogP contribution in [0.1, 0.15) is 12.8 Å². The Morgan fingerprint density at radius 2 is 2.20 bits per heavy atom. The van der Waals surface area contributed by atoms with Gasteiger partial charge in [0.05, 0.1) is 6.04 Å². The van der Waals surface area contributed by atoms with E-state index in [4.69, 9.17) is 5.73 Å². The molecule has 2 amide bonds. The minimum absolute atomic E-state index is 0.133. The van der Waals surface area contributed by atoms with Gasteiger partial charge in [-0.1, -0.05) is 0 Å². The van der Waals surface area contributed by atoms with E-state index in [2.05, 4.69) is 0 Å². The number of carbonyl (C=O) groups is 2. The highest BCUT2D eigenvalue weighted by molar-refractivity contribution is 5.99. The fourth-order valence-electron chi connectivity index (χ4n) is 0.942. The molecule has 4 nitrogen and oxygen atoms in total. The first kappa shape index (κ1) is 7.21. The Bertz CT molecular complexity index is 179. The Hall–Kier alpha value is -0.900. The molecule has 1 saturated heterocycles. The fraction of sp³-hybridized carbons (Fsp3) is 0.667. The molecule has 4 heteroatoms. The average Bonchev–Trinajstić information content (AvgIpc) is 1.93. The molecule has 0 spiro atoms. The van der Waals surface area contributed by atoms with Gasteiger partial charge in [0.25, 0.3) is 0 Å². The molecule has 1 fully saturated rings. The molecular formula is C6H10N2O2. The number of likely N-dealkylation sites (N-methyl/N-ethyl adjacent to an activating group) is 1. The predicted molar refractivity (Wildman–Crippen MR) is 35.0 cm³/mol. The summed E-state index contributed by atoms with van der Waals surface area (Å²) in [5.74, 6) is -0.400. The van der Waals surface area contributed by atoms with Gasteiger partial charge < -0.3 is 5.73 Å². The van der Waals surface area contributed by atoms with Gasteiger partial charge >= 0.3 is 0 Å². The van der Waals surface area contributed by atoms with Crippen molar-refractivity contribution in [1.82, 2.24) is 4.90 Å². The van der Waals surface area contributed by atoms with Crippen LogP contribution in [0.2, 0.25) is 0 Å². The lowest BCUT2D eigenvalue weighted by Gasteiger charge is -2.24. The molecule has 0 radical (unpaired) electrons. The molecule has 0 aromatic rings. The van der Waals surface area contributed by atoms with Crippen molar-refractivity contribution in [2.24, 2.45) is 5.73 Å². The second-order valence-electron chi connectivity index (χ2n) is 2.44. The van der Waals surface area contributed by atoms with Gasteiger partial charge in [-0.2, -0.15) is 0 Å². The topological polar surface area (TPSA) is 63.4 Å². The summed E-state index contributed by atoms with van der Waals surface area (Å²) in [5, 5.41) is 0. The maximum absolute atomic E-state index is 10.9. The van der Waals surface area contributed by atoms with E-state index < -0.39 is 6.04 Å². The second-order valence-corrected chi connectivity index (χ2v) is 2.44. The zero-order chi connectivity index (χ0) is 7.72. The van der Waals surface area contributed by atoms with Crippen molar-refractivity contribution in [3.63, 3.8) is 0 Å². The molecular weight excluding hydrogens is 132 g/mol. The highest BCUT2D eigenvalue weighted by Gasteiger charge is 2.28. The van der Waals surface area contributed by atoms with Gasteiger partial charge in [-0.25, -0.2) is 0 Å². The van der Waals surface area contributed by atoms with Crippen molar-refractivity contribution < 1.29 is 9.59 Å². The lowest BCUT2D eigenvalue weighted by molar-refractivity contribution is -0.147. The molecule has 1 atom stereocenters. The molecule has 0 aliphatic carbocycles. The summed E-state index contributed by atoms with van der Waals surface area (Å²) < 4.78 is 0. The predicted octanol–water partition coefficient (Wildman–Crippen LogP) is -0.908. The average molecular weight is 142 g/mol. The molecule has 1 aliphatic rings. The van der Waals surface area contributed by atoms with Gasteiger partial charge in [0.15, 0.2) is 0 Å². The first-order valence-corrected chi connectivity index (χ1v) is 3.19. The minimum Gasteiger partial charge on any atom is -0.320 e. The monoisotopic (exact) mass is 142 g/mol. The largest absolute Gasteiger partial charge is 0.320 e. The molecule has 0 aromatic carbocycles. The third-order valence-electron chi connectivity index (χ3n) is 1.69. The SMILES string of the molecule is CN1C(=O)CC[C@@H](N)C1=O. The van der Waals surface area contributed by atoms with Crippen molar-refractivity contribution in [3.8, 4) is 0 Å². The summed E-state index contributed by atoms with van der Waals surface area (Å²) in [6.07, 6.45) is 0.880. The molecule has 56 valence electrons. The van der Waals surface area contributed by atoms with Crippen LogP contribution >= 0.6 is 0 Å². The van der Waals surface area contributed by atoms with Crippen molar-refractivity contribution in [1.29, 1.82) is 0 Å². The Balaban J connectivity index is 2.70. The molecule has 2 N–H and O–H groups in total.